The molecule has 2 aromatic carbocycles. The number of halogens is 1. The summed E-state index contributed by atoms with van der Waals surface area (Å²) in [7, 11) is 1.78. The maximum absolute atomic E-state index is 13.3. The van der Waals surface area contributed by atoms with Gasteiger partial charge in [0.15, 0.2) is 0 Å². The number of aromatic amines is 2. The average molecular weight is 355 g/mol. The normalized spacial score (nSPS) is 12.3. The molecule has 6 nitrogen and oxygen atoms in total. The Hall–Kier alpha value is -3.19. The first-order chi connectivity index (χ1) is 12.5. The Kier molecular flexibility index (Phi) is 4.99. The van der Waals surface area contributed by atoms with Crippen molar-refractivity contribution in [2.24, 2.45) is 0 Å². The molecule has 1 aromatic heterocycles. The Morgan fingerprint density at radius 3 is 2.31 bits per heavy atom. The zero-order valence-corrected chi connectivity index (χ0v) is 14.1. The van der Waals surface area contributed by atoms with E-state index in [9.17, 15) is 19.1 Å². The van der Waals surface area contributed by atoms with Crippen molar-refractivity contribution in [2.45, 2.75) is 12.6 Å². The van der Waals surface area contributed by atoms with E-state index in [2.05, 4.69) is 9.97 Å². The number of aromatic nitrogens is 2. The fourth-order valence-electron chi connectivity index (χ4n) is 2.99. The van der Waals surface area contributed by atoms with Crippen molar-refractivity contribution >= 4 is 0 Å². The van der Waals surface area contributed by atoms with Crippen LogP contribution in [0.5, 0.6) is 5.88 Å². The van der Waals surface area contributed by atoms with Crippen LogP contribution in [0.15, 0.2) is 64.2 Å². The molecular weight excluding hydrogens is 337 g/mol. The van der Waals surface area contributed by atoms with E-state index in [1.54, 1.807) is 19.2 Å². The standard InChI is InChI=1S/C19H18FN3O3/c1-23(11-12-5-3-2-4-6-12)16(13-7-9-14(20)10-8-13)15-17(24)21-19(26)22-18(15)25/h2-10,16H,11H2,1H3,(H3,21,22,24,25,26). The molecule has 0 aliphatic rings. The maximum atomic E-state index is 13.3. The van der Waals surface area contributed by atoms with Gasteiger partial charge >= 0.3 is 5.69 Å². The van der Waals surface area contributed by atoms with E-state index < -0.39 is 29.0 Å². The van der Waals surface area contributed by atoms with Crippen molar-refractivity contribution in [1.29, 1.82) is 0 Å². The lowest BCUT2D eigenvalue weighted by Gasteiger charge is -2.28. The van der Waals surface area contributed by atoms with Crippen LogP contribution in [0.25, 0.3) is 0 Å². The summed E-state index contributed by atoms with van der Waals surface area (Å²) >= 11 is 0. The van der Waals surface area contributed by atoms with Crippen LogP contribution in [0.4, 0.5) is 4.39 Å². The second-order valence-corrected chi connectivity index (χ2v) is 6.03. The molecule has 0 bridgehead atoms. The third kappa shape index (κ3) is 3.73. The Labute approximate surface area is 148 Å². The zero-order valence-electron chi connectivity index (χ0n) is 14.1. The molecule has 0 saturated heterocycles. The lowest BCUT2D eigenvalue weighted by atomic mass is 9.98. The van der Waals surface area contributed by atoms with E-state index in [0.29, 0.717) is 12.1 Å². The minimum atomic E-state index is -0.792. The van der Waals surface area contributed by atoms with Gasteiger partial charge in [-0.2, -0.15) is 0 Å². The van der Waals surface area contributed by atoms with Gasteiger partial charge in [0.1, 0.15) is 5.82 Å². The van der Waals surface area contributed by atoms with Gasteiger partial charge in [-0.05, 0) is 30.3 Å². The third-order valence-electron chi connectivity index (χ3n) is 4.13. The molecule has 0 saturated carbocycles. The second kappa shape index (κ2) is 7.37. The van der Waals surface area contributed by atoms with Crippen LogP contribution in [0, 0.1) is 5.82 Å². The van der Waals surface area contributed by atoms with Gasteiger partial charge in [0, 0.05) is 6.54 Å². The van der Waals surface area contributed by atoms with Crippen LogP contribution in [-0.2, 0) is 6.54 Å². The number of nitrogens with zero attached hydrogens (tertiary/aromatic N) is 1. The molecule has 134 valence electrons. The number of benzene rings is 2. The Bertz CT molecular complexity index is 997. The minimum absolute atomic E-state index is 0.00496. The van der Waals surface area contributed by atoms with Crippen molar-refractivity contribution in [2.75, 3.05) is 7.05 Å². The fraction of sp³-hybridized carbons (Fsp3) is 0.158. The Morgan fingerprint density at radius 2 is 1.69 bits per heavy atom. The molecule has 0 fully saturated rings. The van der Waals surface area contributed by atoms with Gasteiger partial charge in [-0.25, -0.2) is 9.18 Å². The topological polar surface area (TPSA) is 89.2 Å². The Morgan fingerprint density at radius 1 is 1.04 bits per heavy atom. The molecule has 3 aromatic rings. The van der Waals surface area contributed by atoms with E-state index in [0.717, 1.165) is 5.56 Å². The smallest absolute Gasteiger partial charge is 0.328 e. The molecule has 0 aliphatic heterocycles. The summed E-state index contributed by atoms with van der Waals surface area (Å²) < 4.78 is 13.3. The molecule has 0 amide bonds. The van der Waals surface area contributed by atoms with Crippen LogP contribution >= 0.6 is 0 Å². The van der Waals surface area contributed by atoms with E-state index in [1.807, 2.05) is 35.2 Å². The highest BCUT2D eigenvalue weighted by Gasteiger charge is 2.26. The molecule has 1 atom stereocenters. The van der Waals surface area contributed by atoms with E-state index in [-0.39, 0.29) is 5.56 Å². The van der Waals surface area contributed by atoms with Crippen molar-refractivity contribution in [3.05, 3.63) is 97.9 Å². The molecule has 3 rings (SSSR count). The summed E-state index contributed by atoms with van der Waals surface area (Å²) in [6.07, 6.45) is 0. The summed E-state index contributed by atoms with van der Waals surface area (Å²) in [4.78, 5) is 29.9. The maximum Gasteiger partial charge on any atom is 0.328 e. The second-order valence-electron chi connectivity index (χ2n) is 6.03. The van der Waals surface area contributed by atoms with Crippen LogP contribution in [0.1, 0.15) is 22.7 Å². The minimum Gasteiger partial charge on any atom is -0.494 e. The van der Waals surface area contributed by atoms with Crippen LogP contribution in [0.3, 0.4) is 0 Å². The molecule has 26 heavy (non-hydrogen) atoms. The lowest BCUT2D eigenvalue weighted by Crippen LogP contribution is -2.33. The van der Waals surface area contributed by atoms with Crippen LogP contribution < -0.4 is 11.2 Å². The predicted molar refractivity (Wildman–Crippen MR) is 95.5 cm³/mol. The number of H-pyrrole nitrogens is 2. The van der Waals surface area contributed by atoms with Crippen LogP contribution in [0.2, 0.25) is 0 Å². The summed E-state index contributed by atoms with van der Waals surface area (Å²) in [5.41, 5.74) is 0.120. The highest BCUT2D eigenvalue weighted by Crippen LogP contribution is 2.30. The molecule has 0 aliphatic carbocycles. The van der Waals surface area contributed by atoms with Gasteiger partial charge in [-0.15, -0.1) is 0 Å². The van der Waals surface area contributed by atoms with E-state index >= 15 is 0 Å². The van der Waals surface area contributed by atoms with Crippen molar-refractivity contribution in [3.8, 4) is 5.88 Å². The quantitative estimate of drug-likeness (QED) is 0.654. The predicted octanol–water partition coefficient (Wildman–Crippen LogP) is 2.13. The zero-order chi connectivity index (χ0) is 18.7. The van der Waals surface area contributed by atoms with Gasteiger partial charge in [-0.3, -0.25) is 19.7 Å². The summed E-state index contributed by atoms with van der Waals surface area (Å²) in [5, 5.41) is 10.2. The molecule has 1 unspecified atom stereocenters. The summed E-state index contributed by atoms with van der Waals surface area (Å²) in [6, 6.07) is 14.6. The first kappa shape index (κ1) is 17.6. The number of hydrogen-bond acceptors (Lipinski definition) is 4. The highest BCUT2D eigenvalue weighted by molar-refractivity contribution is 5.35. The largest absolute Gasteiger partial charge is 0.494 e. The summed E-state index contributed by atoms with van der Waals surface area (Å²) in [6.45, 7) is 0.473. The molecule has 1 heterocycles. The van der Waals surface area contributed by atoms with Crippen molar-refractivity contribution in [1.82, 2.24) is 14.9 Å². The molecule has 7 heteroatoms. The lowest BCUT2D eigenvalue weighted by molar-refractivity contribution is 0.261. The van der Waals surface area contributed by atoms with E-state index in [4.69, 9.17) is 0 Å². The first-order valence-electron chi connectivity index (χ1n) is 8.01. The number of aromatic hydroxyl groups is 1. The van der Waals surface area contributed by atoms with Gasteiger partial charge in [0.25, 0.3) is 5.56 Å². The first-order valence-corrected chi connectivity index (χ1v) is 8.01. The van der Waals surface area contributed by atoms with Gasteiger partial charge < -0.3 is 5.11 Å². The fourth-order valence-corrected chi connectivity index (χ4v) is 2.99. The van der Waals surface area contributed by atoms with Crippen molar-refractivity contribution < 1.29 is 9.50 Å². The summed E-state index contributed by atoms with van der Waals surface area (Å²) in [5.74, 6) is -0.911. The molecule has 0 spiro atoms. The van der Waals surface area contributed by atoms with Crippen molar-refractivity contribution in [3.63, 3.8) is 0 Å². The monoisotopic (exact) mass is 355 g/mol. The van der Waals surface area contributed by atoms with Gasteiger partial charge in [0.2, 0.25) is 5.88 Å². The van der Waals surface area contributed by atoms with E-state index in [1.165, 1.54) is 12.1 Å². The number of hydrogen-bond donors (Lipinski definition) is 3. The number of nitrogens with one attached hydrogen (secondary N) is 2. The molecule has 3 N–H and O–H groups in total. The third-order valence-corrected chi connectivity index (χ3v) is 4.13. The van der Waals surface area contributed by atoms with Gasteiger partial charge in [0.05, 0.1) is 11.6 Å². The highest BCUT2D eigenvalue weighted by atomic mass is 19.1. The molecule has 0 radical (unpaired) electrons. The number of rotatable bonds is 5. The average Bonchev–Trinajstić information content (AvgIpc) is 2.60. The SMILES string of the molecule is CN(Cc1ccccc1)C(c1ccc(F)cc1)c1c(O)[nH]c(=O)[nH]c1=O. The van der Waals surface area contributed by atoms with Gasteiger partial charge in [-0.1, -0.05) is 42.5 Å². The Balaban J connectivity index is 2.09. The molecular formula is C19H18FN3O3. The van der Waals surface area contributed by atoms with Crippen LogP contribution in [-0.4, -0.2) is 27.0 Å².